The van der Waals surface area contributed by atoms with Crippen LogP contribution in [0.5, 0.6) is 0 Å². The van der Waals surface area contributed by atoms with Crippen molar-refractivity contribution in [3.8, 4) is 10.4 Å². The monoisotopic (exact) mass is 443 g/mol. The molecule has 1 amide bonds. The van der Waals surface area contributed by atoms with Gasteiger partial charge in [0.25, 0.3) is 0 Å². The largest absolute Gasteiger partial charge is 0.369 e. The Bertz CT molecular complexity index is 1300. The number of amidine groups is 1. The van der Waals surface area contributed by atoms with Crippen molar-refractivity contribution in [1.82, 2.24) is 10.3 Å². The first-order valence-electron chi connectivity index (χ1n) is 10.8. The van der Waals surface area contributed by atoms with Crippen LogP contribution < -0.4 is 16.0 Å². The SMILES string of the molecule is CC(=O)Nc1cccc(-c2cc3c(s2)C(NCCCc2c[nH]c4ccccc24)=NCN3)c1. The number of aromatic nitrogens is 1. The molecule has 3 heterocycles. The number of benzene rings is 2. The van der Waals surface area contributed by atoms with E-state index in [4.69, 9.17) is 0 Å². The molecule has 1 aliphatic rings. The molecule has 0 bridgehead atoms. The lowest BCUT2D eigenvalue weighted by Gasteiger charge is -2.15. The standard InChI is InChI=1S/C25H25N5OS/c1-16(31)30-19-8-4-6-17(12-19)23-13-22-24(32-23)25(29-15-28-22)26-11-5-7-18-14-27-21-10-3-2-9-20(18)21/h2-4,6,8-10,12-14,27-28H,5,7,11,15H2,1H3,(H,26,29)(H,30,31). The Hall–Kier alpha value is -3.58. The van der Waals surface area contributed by atoms with Gasteiger partial charge in [-0.15, -0.1) is 11.3 Å². The number of aromatic amines is 1. The van der Waals surface area contributed by atoms with Crippen LogP contribution in [0.2, 0.25) is 0 Å². The minimum absolute atomic E-state index is 0.0689. The number of H-pyrrole nitrogens is 1. The zero-order chi connectivity index (χ0) is 21.9. The summed E-state index contributed by atoms with van der Waals surface area (Å²) in [4.78, 5) is 21.7. The summed E-state index contributed by atoms with van der Waals surface area (Å²) in [6.07, 6.45) is 4.16. The number of hydrogen-bond donors (Lipinski definition) is 4. The lowest BCUT2D eigenvalue weighted by atomic mass is 10.1. The van der Waals surface area contributed by atoms with Gasteiger partial charge in [-0.05, 0) is 48.2 Å². The fraction of sp³-hybridized carbons (Fsp3) is 0.200. The summed E-state index contributed by atoms with van der Waals surface area (Å²) in [5.74, 6) is 0.882. The van der Waals surface area contributed by atoms with E-state index in [1.807, 2.05) is 18.2 Å². The average Bonchev–Trinajstić information content (AvgIpc) is 3.41. The van der Waals surface area contributed by atoms with Crippen molar-refractivity contribution in [3.05, 3.63) is 71.2 Å². The Kier molecular flexibility index (Phi) is 5.64. The maximum Gasteiger partial charge on any atom is 0.221 e. The van der Waals surface area contributed by atoms with E-state index < -0.39 is 0 Å². The second kappa shape index (κ2) is 8.88. The van der Waals surface area contributed by atoms with Gasteiger partial charge in [0.15, 0.2) is 0 Å². The summed E-state index contributed by atoms with van der Waals surface area (Å²) >= 11 is 1.71. The number of thiophene rings is 1. The third kappa shape index (κ3) is 4.24. The molecule has 6 nitrogen and oxygen atoms in total. The molecule has 2 aromatic heterocycles. The van der Waals surface area contributed by atoms with Crippen molar-refractivity contribution in [1.29, 1.82) is 0 Å². The lowest BCUT2D eigenvalue weighted by molar-refractivity contribution is -0.114. The van der Waals surface area contributed by atoms with Crippen molar-refractivity contribution < 1.29 is 4.79 Å². The van der Waals surface area contributed by atoms with Crippen LogP contribution in [0.25, 0.3) is 21.3 Å². The third-order valence-corrected chi connectivity index (χ3v) is 6.70. The fourth-order valence-electron chi connectivity index (χ4n) is 4.03. The molecule has 0 fully saturated rings. The maximum atomic E-state index is 11.4. The highest BCUT2D eigenvalue weighted by Crippen LogP contribution is 2.37. The average molecular weight is 444 g/mol. The lowest BCUT2D eigenvalue weighted by Crippen LogP contribution is -2.29. The van der Waals surface area contributed by atoms with Crippen molar-refractivity contribution >= 4 is 45.4 Å². The smallest absolute Gasteiger partial charge is 0.221 e. The topological polar surface area (TPSA) is 81.3 Å². The molecular weight excluding hydrogens is 418 g/mol. The van der Waals surface area contributed by atoms with Crippen LogP contribution >= 0.6 is 11.3 Å². The Balaban J connectivity index is 1.25. The van der Waals surface area contributed by atoms with E-state index in [2.05, 4.69) is 68.5 Å². The van der Waals surface area contributed by atoms with E-state index in [0.717, 1.165) is 51.9 Å². The molecule has 162 valence electrons. The van der Waals surface area contributed by atoms with Crippen molar-refractivity contribution in [3.63, 3.8) is 0 Å². The first kappa shape index (κ1) is 20.3. The number of carbonyl (C=O) groups is 1. The number of anilines is 2. The molecule has 0 atom stereocenters. The highest BCUT2D eigenvalue weighted by Gasteiger charge is 2.18. The zero-order valence-corrected chi connectivity index (χ0v) is 18.7. The number of hydrogen-bond acceptors (Lipinski definition) is 5. The van der Waals surface area contributed by atoms with Gasteiger partial charge in [-0.25, -0.2) is 4.99 Å². The summed E-state index contributed by atoms with van der Waals surface area (Å²) in [6.45, 7) is 2.95. The summed E-state index contributed by atoms with van der Waals surface area (Å²) < 4.78 is 0. The molecule has 32 heavy (non-hydrogen) atoms. The van der Waals surface area contributed by atoms with E-state index in [1.54, 1.807) is 11.3 Å². The number of carbonyl (C=O) groups excluding carboxylic acids is 1. The summed E-state index contributed by atoms with van der Waals surface area (Å²) in [5, 5.41) is 11.1. The van der Waals surface area contributed by atoms with E-state index in [1.165, 1.54) is 23.4 Å². The van der Waals surface area contributed by atoms with E-state index in [9.17, 15) is 4.79 Å². The second-order valence-electron chi connectivity index (χ2n) is 7.85. The summed E-state index contributed by atoms with van der Waals surface area (Å²) in [5.41, 5.74) is 5.53. The van der Waals surface area contributed by atoms with Gasteiger partial charge in [0.1, 0.15) is 12.5 Å². The second-order valence-corrected chi connectivity index (χ2v) is 8.90. The number of rotatable bonds is 6. The predicted molar refractivity (Wildman–Crippen MR) is 134 cm³/mol. The first-order valence-corrected chi connectivity index (χ1v) is 11.6. The van der Waals surface area contributed by atoms with Crippen LogP contribution in [-0.2, 0) is 11.2 Å². The molecular formula is C25H25N5OS. The number of para-hydroxylation sites is 1. The minimum Gasteiger partial charge on any atom is -0.369 e. The van der Waals surface area contributed by atoms with Crippen LogP contribution in [0.3, 0.4) is 0 Å². The molecule has 4 N–H and O–H groups in total. The molecule has 1 aliphatic heterocycles. The first-order chi connectivity index (χ1) is 15.7. The minimum atomic E-state index is -0.0689. The Morgan fingerprint density at radius 2 is 2.06 bits per heavy atom. The normalized spacial score (nSPS) is 12.7. The number of aliphatic imine (C=N–C) groups is 1. The van der Waals surface area contributed by atoms with Gasteiger partial charge in [0, 0.05) is 41.1 Å². The van der Waals surface area contributed by atoms with Crippen molar-refractivity contribution in [2.45, 2.75) is 19.8 Å². The van der Waals surface area contributed by atoms with Gasteiger partial charge in [-0.1, -0.05) is 30.3 Å². The highest BCUT2D eigenvalue weighted by molar-refractivity contribution is 7.18. The molecule has 0 unspecified atom stereocenters. The molecule has 4 aromatic rings. The van der Waals surface area contributed by atoms with Crippen LogP contribution in [0, 0.1) is 0 Å². The number of amides is 1. The van der Waals surface area contributed by atoms with Gasteiger partial charge in [-0.3, -0.25) is 4.79 Å². The van der Waals surface area contributed by atoms with E-state index in [-0.39, 0.29) is 5.91 Å². The van der Waals surface area contributed by atoms with E-state index in [0.29, 0.717) is 6.67 Å². The van der Waals surface area contributed by atoms with Crippen LogP contribution in [0.4, 0.5) is 11.4 Å². The number of nitrogens with one attached hydrogen (secondary N) is 4. The molecule has 0 saturated carbocycles. The molecule has 2 aromatic carbocycles. The number of fused-ring (bicyclic) bond motifs is 2. The quantitative estimate of drug-likeness (QED) is 0.309. The van der Waals surface area contributed by atoms with Gasteiger partial charge >= 0.3 is 0 Å². The van der Waals surface area contributed by atoms with Crippen molar-refractivity contribution in [2.75, 3.05) is 23.8 Å². The van der Waals surface area contributed by atoms with Gasteiger partial charge < -0.3 is 20.9 Å². The Morgan fingerprint density at radius 1 is 1.16 bits per heavy atom. The van der Waals surface area contributed by atoms with Crippen molar-refractivity contribution in [2.24, 2.45) is 4.99 Å². The molecule has 0 radical (unpaired) electrons. The zero-order valence-electron chi connectivity index (χ0n) is 17.9. The molecule has 7 heteroatoms. The van der Waals surface area contributed by atoms with Crippen LogP contribution in [0.15, 0.2) is 65.8 Å². The fourth-order valence-corrected chi connectivity index (χ4v) is 5.15. The molecule has 0 aliphatic carbocycles. The maximum absolute atomic E-state index is 11.4. The highest BCUT2D eigenvalue weighted by atomic mass is 32.1. The van der Waals surface area contributed by atoms with Gasteiger partial charge in [0.05, 0.1) is 10.6 Å². The summed E-state index contributed by atoms with van der Waals surface area (Å²) in [7, 11) is 0. The summed E-state index contributed by atoms with van der Waals surface area (Å²) in [6, 6.07) is 18.5. The predicted octanol–water partition coefficient (Wildman–Crippen LogP) is 5.21. The van der Waals surface area contributed by atoms with Crippen LogP contribution in [-0.4, -0.2) is 29.9 Å². The Morgan fingerprint density at radius 3 is 2.97 bits per heavy atom. The molecule has 0 spiro atoms. The molecule has 0 saturated heterocycles. The van der Waals surface area contributed by atoms with Gasteiger partial charge in [0.2, 0.25) is 5.91 Å². The third-order valence-electron chi connectivity index (χ3n) is 5.51. The molecule has 5 rings (SSSR count). The number of nitrogens with zero attached hydrogens (tertiary/aromatic N) is 1. The van der Waals surface area contributed by atoms with Gasteiger partial charge in [-0.2, -0.15) is 0 Å². The van der Waals surface area contributed by atoms with E-state index >= 15 is 0 Å². The van der Waals surface area contributed by atoms with Crippen LogP contribution in [0.1, 0.15) is 23.8 Å². The number of aryl methyl sites for hydroxylation is 1. The Labute approximate surface area is 190 Å².